The first-order valence-electron chi connectivity index (χ1n) is 10.7. The number of anilines is 3. The van der Waals surface area contributed by atoms with E-state index in [-0.39, 0.29) is 11.8 Å². The van der Waals surface area contributed by atoms with E-state index in [0.29, 0.717) is 0 Å². The maximum absolute atomic E-state index is 12.3. The van der Waals surface area contributed by atoms with Gasteiger partial charge in [-0.05, 0) is 74.9 Å². The second kappa shape index (κ2) is 10.0. The maximum atomic E-state index is 12.3. The number of hydrogen-bond donors (Lipinski definition) is 1. The number of nitrogens with zero attached hydrogens (tertiary/aromatic N) is 3. The Kier molecular flexibility index (Phi) is 6.75. The van der Waals surface area contributed by atoms with Crippen LogP contribution in [0.2, 0.25) is 0 Å². The van der Waals surface area contributed by atoms with Crippen LogP contribution in [0.4, 0.5) is 17.1 Å². The Hall–Kier alpha value is -3.44. The highest BCUT2D eigenvalue weighted by molar-refractivity contribution is 5.85. The first kappa shape index (κ1) is 20.8. The molecular formula is C26H28N4O. The van der Waals surface area contributed by atoms with Gasteiger partial charge in [0.15, 0.2) is 0 Å². The first-order chi connectivity index (χ1) is 15.2. The lowest BCUT2D eigenvalue weighted by Crippen LogP contribution is -2.37. The molecule has 0 atom stereocenters. The molecule has 0 unspecified atom stereocenters. The van der Waals surface area contributed by atoms with Crippen molar-refractivity contribution < 1.29 is 4.79 Å². The van der Waals surface area contributed by atoms with Crippen molar-refractivity contribution in [2.24, 2.45) is 11.0 Å². The second-order valence-corrected chi connectivity index (χ2v) is 7.91. The summed E-state index contributed by atoms with van der Waals surface area (Å²) in [6.45, 7) is 1.92. The molecule has 1 aliphatic rings. The monoisotopic (exact) mass is 412 g/mol. The van der Waals surface area contributed by atoms with Crippen molar-refractivity contribution in [3.63, 3.8) is 0 Å². The van der Waals surface area contributed by atoms with Gasteiger partial charge in [0.2, 0.25) is 5.91 Å². The van der Waals surface area contributed by atoms with E-state index in [1.54, 1.807) is 6.21 Å². The zero-order valence-electron chi connectivity index (χ0n) is 17.8. The summed E-state index contributed by atoms with van der Waals surface area (Å²) in [7, 11) is 2.09. The molecule has 1 N–H and O–H groups in total. The molecule has 0 aromatic heterocycles. The average Bonchev–Trinajstić information content (AvgIpc) is 2.82. The van der Waals surface area contributed by atoms with Gasteiger partial charge < -0.3 is 9.80 Å². The summed E-state index contributed by atoms with van der Waals surface area (Å²) < 4.78 is 0. The smallest absolute Gasteiger partial charge is 0.243 e. The Bertz CT molecular complexity index is 955. The number of carbonyl (C=O) groups is 1. The number of amides is 1. The quantitative estimate of drug-likeness (QED) is 0.460. The van der Waals surface area contributed by atoms with E-state index in [1.807, 2.05) is 48.5 Å². The van der Waals surface area contributed by atoms with Crippen LogP contribution >= 0.6 is 0 Å². The zero-order valence-corrected chi connectivity index (χ0v) is 17.8. The minimum absolute atomic E-state index is 0.0142. The largest absolute Gasteiger partial charge is 0.311 e. The Morgan fingerprint density at radius 3 is 1.94 bits per heavy atom. The SMILES string of the molecule is CN1CCC(C(=O)N/N=C/c2ccc(N(c3ccccc3)c3ccccc3)cc2)CC1. The molecular weight excluding hydrogens is 384 g/mol. The summed E-state index contributed by atoms with van der Waals surface area (Å²) >= 11 is 0. The number of hydrogen-bond acceptors (Lipinski definition) is 4. The summed E-state index contributed by atoms with van der Waals surface area (Å²) in [5.74, 6) is 0.0707. The minimum Gasteiger partial charge on any atom is -0.311 e. The summed E-state index contributed by atoms with van der Waals surface area (Å²) in [6.07, 6.45) is 3.48. The summed E-state index contributed by atoms with van der Waals surface area (Å²) in [5, 5.41) is 4.17. The third-order valence-corrected chi connectivity index (χ3v) is 5.66. The predicted octanol–water partition coefficient (Wildman–Crippen LogP) is 4.95. The molecule has 5 heteroatoms. The van der Waals surface area contributed by atoms with E-state index < -0.39 is 0 Å². The van der Waals surface area contributed by atoms with Crippen LogP contribution in [0.3, 0.4) is 0 Å². The van der Waals surface area contributed by atoms with Gasteiger partial charge in [-0.15, -0.1) is 0 Å². The fourth-order valence-corrected chi connectivity index (χ4v) is 3.84. The summed E-state index contributed by atoms with van der Waals surface area (Å²) in [6, 6.07) is 28.8. The van der Waals surface area contributed by atoms with Crippen molar-refractivity contribution >= 4 is 29.2 Å². The predicted molar refractivity (Wildman–Crippen MR) is 127 cm³/mol. The van der Waals surface area contributed by atoms with E-state index in [4.69, 9.17) is 0 Å². The minimum atomic E-state index is 0.0142. The van der Waals surface area contributed by atoms with E-state index >= 15 is 0 Å². The van der Waals surface area contributed by atoms with Crippen molar-refractivity contribution in [1.29, 1.82) is 0 Å². The molecule has 1 heterocycles. The highest BCUT2D eigenvalue weighted by atomic mass is 16.2. The third kappa shape index (κ3) is 5.38. The van der Waals surface area contributed by atoms with E-state index in [1.165, 1.54) is 0 Å². The molecule has 3 aromatic carbocycles. The Balaban J connectivity index is 1.45. The molecule has 0 spiro atoms. The lowest BCUT2D eigenvalue weighted by Gasteiger charge is -2.27. The van der Waals surface area contributed by atoms with Crippen molar-refractivity contribution in [1.82, 2.24) is 10.3 Å². The number of piperidine rings is 1. The molecule has 1 saturated heterocycles. The molecule has 0 aliphatic carbocycles. The van der Waals surface area contributed by atoms with Gasteiger partial charge in [-0.3, -0.25) is 4.79 Å². The number of hydrazone groups is 1. The Labute approximate surface area is 184 Å². The van der Waals surface area contributed by atoms with Gasteiger partial charge in [-0.1, -0.05) is 48.5 Å². The molecule has 0 saturated carbocycles. The number of likely N-dealkylation sites (tertiary alicyclic amines) is 1. The number of para-hydroxylation sites is 2. The maximum Gasteiger partial charge on any atom is 0.243 e. The van der Waals surface area contributed by atoms with Crippen LogP contribution in [0.15, 0.2) is 90.0 Å². The zero-order chi connectivity index (χ0) is 21.5. The van der Waals surface area contributed by atoms with Gasteiger partial charge in [0, 0.05) is 23.0 Å². The molecule has 1 fully saturated rings. The summed E-state index contributed by atoms with van der Waals surface area (Å²) in [4.78, 5) is 16.8. The van der Waals surface area contributed by atoms with Crippen LogP contribution in [0, 0.1) is 5.92 Å². The van der Waals surface area contributed by atoms with Crippen molar-refractivity contribution in [2.75, 3.05) is 25.0 Å². The number of benzene rings is 3. The van der Waals surface area contributed by atoms with Crippen molar-refractivity contribution in [3.8, 4) is 0 Å². The normalized spacial score (nSPS) is 15.1. The highest BCUT2D eigenvalue weighted by Gasteiger charge is 2.22. The van der Waals surface area contributed by atoms with E-state index in [0.717, 1.165) is 48.6 Å². The van der Waals surface area contributed by atoms with Gasteiger partial charge in [0.05, 0.1) is 6.21 Å². The molecule has 31 heavy (non-hydrogen) atoms. The van der Waals surface area contributed by atoms with Crippen LogP contribution in [0.25, 0.3) is 0 Å². The molecule has 0 bridgehead atoms. The number of nitrogens with one attached hydrogen (secondary N) is 1. The van der Waals surface area contributed by atoms with Crippen LogP contribution in [0.5, 0.6) is 0 Å². The lowest BCUT2D eigenvalue weighted by molar-refractivity contribution is -0.126. The van der Waals surface area contributed by atoms with Crippen molar-refractivity contribution in [3.05, 3.63) is 90.5 Å². The fraction of sp³-hybridized carbons (Fsp3) is 0.231. The molecule has 1 amide bonds. The summed E-state index contributed by atoms with van der Waals surface area (Å²) in [5.41, 5.74) is 6.90. The van der Waals surface area contributed by atoms with Crippen molar-refractivity contribution in [2.45, 2.75) is 12.8 Å². The topological polar surface area (TPSA) is 47.9 Å². The Morgan fingerprint density at radius 1 is 0.871 bits per heavy atom. The van der Waals surface area contributed by atoms with Gasteiger partial charge in [0.1, 0.15) is 0 Å². The van der Waals surface area contributed by atoms with Gasteiger partial charge in [-0.2, -0.15) is 5.10 Å². The number of carbonyl (C=O) groups excluding carboxylic acids is 1. The van der Waals surface area contributed by atoms with Crippen LogP contribution in [-0.4, -0.2) is 37.2 Å². The molecule has 158 valence electrons. The standard InChI is InChI=1S/C26H28N4O/c1-29-18-16-22(17-19-29)26(31)28-27-20-21-12-14-25(15-13-21)30(23-8-4-2-5-9-23)24-10-6-3-7-11-24/h2-15,20,22H,16-19H2,1H3,(H,28,31)/b27-20+. The molecule has 1 aliphatic heterocycles. The van der Waals surface area contributed by atoms with Crippen LogP contribution in [0.1, 0.15) is 18.4 Å². The molecule has 4 rings (SSSR count). The molecule has 0 radical (unpaired) electrons. The fourth-order valence-electron chi connectivity index (χ4n) is 3.84. The Morgan fingerprint density at radius 2 is 1.39 bits per heavy atom. The highest BCUT2D eigenvalue weighted by Crippen LogP contribution is 2.33. The first-order valence-corrected chi connectivity index (χ1v) is 10.7. The molecule has 3 aromatic rings. The lowest BCUT2D eigenvalue weighted by atomic mass is 9.97. The van der Waals surface area contributed by atoms with Gasteiger partial charge in [-0.25, -0.2) is 5.43 Å². The van der Waals surface area contributed by atoms with E-state index in [2.05, 4.69) is 63.8 Å². The van der Waals surface area contributed by atoms with Crippen LogP contribution in [-0.2, 0) is 4.79 Å². The van der Waals surface area contributed by atoms with Crippen LogP contribution < -0.4 is 10.3 Å². The number of rotatable bonds is 6. The van der Waals surface area contributed by atoms with E-state index in [9.17, 15) is 4.79 Å². The van der Waals surface area contributed by atoms with Gasteiger partial charge >= 0.3 is 0 Å². The third-order valence-electron chi connectivity index (χ3n) is 5.66. The van der Waals surface area contributed by atoms with Gasteiger partial charge in [0.25, 0.3) is 0 Å². The molecule has 5 nitrogen and oxygen atoms in total. The average molecular weight is 413 g/mol. The second-order valence-electron chi connectivity index (χ2n) is 7.91.